The molecule has 0 saturated carbocycles. The predicted octanol–water partition coefficient (Wildman–Crippen LogP) is -1.18. The average molecular weight is 238 g/mol. The van der Waals surface area contributed by atoms with Gasteiger partial charge >= 0.3 is 5.97 Å². The summed E-state index contributed by atoms with van der Waals surface area (Å²) in [7, 11) is 2.47. The zero-order chi connectivity index (χ0) is 11.6. The molecule has 0 aromatic rings. The number of hydrogen-bond donors (Lipinski definition) is 3. The fourth-order valence-corrected chi connectivity index (χ4v) is 1.49. The van der Waals surface area contributed by atoms with Gasteiger partial charge in [0.1, 0.15) is 18.3 Å². The maximum Gasteiger partial charge on any atom is 0.335 e. The van der Waals surface area contributed by atoms with Crippen molar-refractivity contribution in [2.24, 2.45) is 0 Å². The van der Waals surface area contributed by atoms with Crippen LogP contribution in [-0.2, 0) is 19.0 Å². The Morgan fingerprint density at radius 3 is 2.12 bits per heavy atom. The Labute approximate surface area is 93.5 Å². The summed E-state index contributed by atoms with van der Waals surface area (Å²) < 4.78 is 14.4. The van der Waals surface area contributed by atoms with E-state index in [0.29, 0.717) is 0 Å². The van der Waals surface area contributed by atoms with Crippen LogP contribution in [0, 0.1) is 0 Å². The summed E-state index contributed by atoms with van der Waals surface area (Å²) in [6.45, 7) is 0. The van der Waals surface area contributed by atoms with E-state index in [-0.39, 0.29) is 7.43 Å². The molecule has 0 spiro atoms. The smallest absolute Gasteiger partial charge is 0.335 e. The van der Waals surface area contributed by atoms with Gasteiger partial charge in [-0.05, 0) is 0 Å². The van der Waals surface area contributed by atoms with E-state index in [0.717, 1.165) is 0 Å². The molecule has 3 N–H and O–H groups in total. The Balaban J connectivity index is 0.00000225. The van der Waals surface area contributed by atoms with Gasteiger partial charge in [0.25, 0.3) is 0 Å². The zero-order valence-corrected chi connectivity index (χ0v) is 8.36. The van der Waals surface area contributed by atoms with Gasteiger partial charge in [0.05, 0.1) is 0 Å². The van der Waals surface area contributed by atoms with E-state index in [1.165, 1.54) is 14.2 Å². The van der Waals surface area contributed by atoms with Crippen LogP contribution in [-0.4, -0.2) is 66.2 Å². The lowest BCUT2D eigenvalue weighted by molar-refractivity contribution is -0.290. The molecule has 1 rings (SSSR count). The molecule has 1 aliphatic rings. The molecule has 0 bridgehead atoms. The number of carboxylic acids is 1. The van der Waals surface area contributed by atoms with E-state index in [4.69, 9.17) is 19.3 Å². The molecular formula is C9H18O7. The Kier molecular flexibility index (Phi) is 5.84. The van der Waals surface area contributed by atoms with Crippen LogP contribution in [0.1, 0.15) is 7.43 Å². The summed E-state index contributed by atoms with van der Waals surface area (Å²) in [4.78, 5) is 10.8. The number of ether oxygens (including phenoxy) is 3. The van der Waals surface area contributed by atoms with Gasteiger partial charge in [-0.25, -0.2) is 4.79 Å². The van der Waals surface area contributed by atoms with Crippen molar-refractivity contribution in [3.63, 3.8) is 0 Å². The highest BCUT2D eigenvalue weighted by Crippen LogP contribution is 2.23. The van der Waals surface area contributed by atoms with Crippen LogP contribution in [0.15, 0.2) is 0 Å². The molecule has 0 aromatic carbocycles. The number of methoxy groups -OCH3 is 2. The van der Waals surface area contributed by atoms with Crippen molar-refractivity contribution >= 4 is 5.97 Å². The maximum absolute atomic E-state index is 10.8. The minimum absolute atomic E-state index is 0. The second-order valence-corrected chi connectivity index (χ2v) is 3.18. The van der Waals surface area contributed by atoms with Crippen LogP contribution < -0.4 is 0 Å². The van der Waals surface area contributed by atoms with Crippen LogP contribution >= 0.6 is 0 Å². The Morgan fingerprint density at radius 2 is 1.75 bits per heavy atom. The van der Waals surface area contributed by atoms with Crippen LogP contribution in [0.5, 0.6) is 0 Å². The summed E-state index contributed by atoms with van der Waals surface area (Å²) >= 11 is 0. The lowest BCUT2D eigenvalue weighted by atomic mass is 9.99. The predicted molar refractivity (Wildman–Crippen MR) is 52.8 cm³/mol. The van der Waals surface area contributed by atoms with Crippen molar-refractivity contribution in [2.45, 2.75) is 38.1 Å². The number of aliphatic hydroxyl groups is 2. The Bertz CT molecular complexity index is 232. The molecule has 0 amide bonds. The van der Waals surface area contributed by atoms with Gasteiger partial charge in [0.2, 0.25) is 0 Å². The van der Waals surface area contributed by atoms with Gasteiger partial charge in [-0.2, -0.15) is 0 Å². The van der Waals surface area contributed by atoms with Gasteiger partial charge < -0.3 is 29.5 Å². The molecular weight excluding hydrogens is 220 g/mol. The van der Waals surface area contributed by atoms with Gasteiger partial charge in [0.15, 0.2) is 12.4 Å². The maximum atomic E-state index is 10.8. The topological polar surface area (TPSA) is 105 Å². The monoisotopic (exact) mass is 238 g/mol. The summed E-state index contributed by atoms with van der Waals surface area (Å²) in [6.07, 6.45) is -6.36. The fourth-order valence-electron chi connectivity index (χ4n) is 1.49. The summed E-state index contributed by atoms with van der Waals surface area (Å²) in [6, 6.07) is 0. The van der Waals surface area contributed by atoms with E-state index in [9.17, 15) is 15.0 Å². The number of aliphatic hydroxyl groups excluding tert-OH is 2. The normalized spacial score (nSPS) is 38.9. The van der Waals surface area contributed by atoms with Gasteiger partial charge in [-0.1, -0.05) is 7.43 Å². The Morgan fingerprint density at radius 1 is 1.19 bits per heavy atom. The number of hydrogen-bond acceptors (Lipinski definition) is 6. The highest BCUT2D eigenvalue weighted by molar-refractivity contribution is 5.73. The van der Waals surface area contributed by atoms with Gasteiger partial charge in [-0.15, -0.1) is 0 Å². The molecule has 1 aliphatic heterocycles. The fraction of sp³-hybridized carbons (Fsp3) is 0.889. The van der Waals surface area contributed by atoms with E-state index in [2.05, 4.69) is 0 Å². The average Bonchev–Trinajstić information content (AvgIpc) is 2.21. The molecule has 7 nitrogen and oxygen atoms in total. The molecule has 5 unspecified atom stereocenters. The molecule has 1 fully saturated rings. The van der Waals surface area contributed by atoms with Crippen molar-refractivity contribution in [2.75, 3.05) is 14.2 Å². The van der Waals surface area contributed by atoms with Gasteiger partial charge in [-0.3, -0.25) is 0 Å². The molecule has 7 heteroatoms. The van der Waals surface area contributed by atoms with Crippen LogP contribution in [0.4, 0.5) is 0 Å². The molecule has 5 atom stereocenters. The number of carboxylic acid groups (broad SMARTS) is 1. The first-order chi connectivity index (χ1) is 7.02. The number of carbonyl (C=O) groups is 1. The van der Waals surface area contributed by atoms with E-state index < -0.39 is 36.7 Å². The zero-order valence-electron chi connectivity index (χ0n) is 8.36. The molecule has 16 heavy (non-hydrogen) atoms. The van der Waals surface area contributed by atoms with Crippen LogP contribution in [0.25, 0.3) is 0 Å². The van der Waals surface area contributed by atoms with Crippen molar-refractivity contribution in [1.29, 1.82) is 0 Å². The first kappa shape index (κ1) is 15.3. The van der Waals surface area contributed by atoms with Crippen molar-refractivity contribution in [3.8, 4) is 0 Å². The minimum atomic E-state index is -1.37. The second-order valence-electron chi connectivity index (χ2n) is 3.18. The third-order valence-corrected chi connectivity index (χ3v) is 2.29. The lowest BCUT2D eigenvalue weighted by Gasteiger charge is -2.39. The molecule has 0 aromatic heterocycles. The quantitative estimate of drug-likeness (QED) is 0.568. The van der Waals surface area contributed by atoms with Crippen LogP contribution in [0.2, 0.25) is 0 Å². The van der Waals surface area contributed by atoms with E-state index in [1.54, 1.807) is 0 Å². The summed E-state index contributed by atoms with van der Waals surface area (Å²) in [5.41, 5.74) is 0. The highest BCUT2D eigenvalue weighted by Gasteiger charge is 2.48. The van der Waals surface area contributed by atoms with Crippen LogP contribution in [0.3, 0.4) is 0 Å². The largest absolute Gasteiger partial charge is 0.479 e. The number of aliphatic carboxylic acids is 1. The van der Waals surface area contributed by atoms with Crippen molar-refractivity contribution < 1.29 is 34.3 Å². The summed E-state index contributed by atoms with van der Waals surface area (Å²) in [5, 5.41) is 27.8. The molecule has 1 saturated heterocycles. The van der Waals surface area contributed by atoms with Gasteiger partial charge in [0, 0.05) is 14.2 Å². The SMILES string of the molecule is C.COC1OC(C(=O)O)C(OC)C(O)C1O. The van der Waals surface area contributed by atoms with Crippen molar-refractivity contribution in [3.05, 3.63) is 0 Å². The van der Waals surface area contributed by atoms with E-state index >= 15 is 0 Å². The molecule has 1 heterocycles. The standard InChI is InChI=1S/C8H14O7.CH4/c1-13-5-3(9)4(10)8(14-2)15-6(5)7(11)12;/h3-6,8-10H,1-2H3,(H,11,12);1H4. The highest BCUT2D eigenvalue weighted by atomic mass is 16.7. The Hall–Kier alpha value is -0.730. The number of rotatable bonds is 3. The second kappa shape index (κ2) is 6.12. The third kappa shape index (κ3) is 2.69. The molecule has 0 aliphatic carbocycles. The first-order valence-electron chi connectivity index (χ1n) is 4.33. The third-order valence-electron chi connectivity index (χ3n) is 2.29. The molecule has 0 radical (unpaired) electrons. The first-order valence-corrected chi connectivity index (χ1v) is 4.33. The molecule has 96 valence electrons. The van der Waals surface area contributed by atoms with E-state index in [1.807, 2.05) is 0 Å². The van der Waals surface area contributed by atoms with Crippen molar-refractivity contribution in [1.82, 2.24) is 0 Å². The summed E-state index contributed by atoms with van der Waals surface area (Å²) in [5.74, 6) is -1.28. The lowest BCUT2D eigenvalue weighted by Crippen LogP contribution is -2.60. The minimum Gasteiger partial charge on any atom is -0.479 e.